The topological polar surface area (TPSA) is 62.7 Å². The number of rotatable bonds is 3. The minimum absolute atomic E-state index is 0.176. The molecule has 1 aromatic rings. The van der Waals surface area contributed by atoms with Crippen LogP contribution in [0.3, 0.4) is 0 Å². The Morgan fingerprint density at radius 1 is 1.29 bits per heavy atom. The van der Waals surface area contributed by atoms with Crippen LogP contribution in [-0.4, -0.2) is 68.0 Å². The van der Waals surface area contributed by atoms with Gasteiger partial charge in [-0.25, -0.2) is 17.8 Å². The molecule has 0 aromatic carbocycles. The zero-order valence-corrected chi connectivity index (χ0v) is 12.4. The van der Waals surface area contributed by atoms with Crippen LogP contribution in [0.15, 0.2) is 23.4 Å². The Balaban J connectivity index is 1.74. The van der Waals surface area contributed by atoms with Crippen LogP contribution in [0.5, 0.6) is 0 Å². The van der Waals surface area contributed by atoms with Crippen LogP contribution in [0, 0.1) is 5.82 Å². The molecule has 2 aliphatic heterocycles. The third-order valence-electron chi connectivity index (χ3n) is 4.00. The lowest BCUT2D eigenvalue weighted by Crippen LogP contribution is -2.45. The maximum atomic E-state index is 13.7. The SMILES string of the molecule is O=S(=O)(c1ncccc1F)N1CCC(N2CCOCC2)C1. The zero-order chi connectivity index (χ0) is 14.9. The van der Waals surface area contributed by atoms with Crippen molar-refractivity contribution >= 4 is 10.0 Å². The third kappa shape index (κ3) is 2.94. The molecule has 0 amide bonds. The summed E-state index contributed by atoms with van der Waals surface area (Å²) < 4.78 is 45.3. The van der Waals surface area contributed by atoms with Crippen LogP contribution in [-0.2, 0) is 14.8 Å². The zero-order valence-electron chi connectivity index (χ0n) is 11.6. The lowest BCUT2D eigenvalue weighted by atomic mass is 10.2. The quantitative estimate of drug-likeness (QED) is 0.804. The molecule has 0 radical (unpaired) electrons. The molecular weight excluding hydrogens is 297 g/mol. The highest BCUT2D eigenvalue weighted by molar-refractivity contribution is 7.89. The Hall–Kier alpha value is -1.09. The first kappa shape index (κ1) is 14.8. The van der Waals surface area contributed by atoms with Crippen molar-refractivity contribution in [3.05, 3.63) is 24.1 Å². The predicted molar refractivity (Wildman–Crippen MR) is 73.8 cm³/mol. The first-order valence-electron chi connectivity index (χ1n) is 7.01. The van der Waals surface area contributed by atoms with Crippen LogP contribution in [0.1, 0.15) is 6.42 Å². The molecule has 1 atom stereocenters. The van der Waals surface area contributed by atoms with Crippen LogP contribution in [0.2, 0.25) is 0 Å². The summed E-state index contributed by atoms with van der Waals surface area (Å²) in [5.41, 5.74) is 0. The number of hydrogen-bond acceptors (Lipinski definition) is 5. The average Bonchev–Trinajstić information content (AvgIpc) is 2.99. The number of nitrogens with zero attached hydrogens (tertiary/aromatic N) is 3. The van der Waals surface area contributed by atoms with E-state index in [1.807, 2.05) is 0 Å². The van der Waals surface area contributed by atoms with Gasteiger partial charge in [0, 0.05) is 38.4 Å². The van der Waals surface area contributed by atoms with E-state index in [-0.39, 0.29) is 6.04 Å². The largest absolute Gasteiger partial charge is 0.379 e. The van der Waals surface area contributed by atoms with Crippen LogP contribution in [0.25, 0.3) is 0 Å². The molecule has 3 rings (SSSR count). The van der Waals surface area contributed by atoms with Crippen molar-refractivity contribution in [2.24, 2.45) is 0 Å². The van der Waals surface area contributed by atoms with Crippen molar-refractivity contribution < 1.29 is 17.5 Å². The molecule has 0 bridgehead atoms. The minimum Gasteiger partial charge on any atom is -0.379 e. The summed E-state index contributed by atoms with van der Waals surface area (Å²) in [6.45, 7) is 3.78. The maximum absolute atomic E-state index is 13.7. The second-order valence-electron chi connectivity index (χ2n) is 5.24. The van der Waals surface area contributed by atoms with Gasteiger partial charge in [-0.2, -0.15) is 4.31 Å². The van der Waals surface area contributed by atoms with Gasteiger partial charge in [-0.15, -0.1) is 0 Å². The van der Waals surface area contributed by atoms with Crippen molar-refractivity contribution in [3.8, 4) is 0 Å². The first-order valence-corrected chi connectivity index (χ1v) is 8.45. The highest BCUT2D eigenvalue weighted by Crippen LogP contribution is 2.24. The standard InChI is InChI=1S/C13H18FN3O3S/c14-12-2-1-4-15-13(12)21(18,19)17-5-3-11(10-17)16-6-8-20-9-7-16/h1-2,4,11H,3,5-10H2. The average molecular weight is 315 g/mol. The van der Waals surface area contributed by atoms with E-state index in [0.29, 0.717) is 26.3 Å². The van der Waals surface area contributed by atoms with Crippen molar-refractivity contribution in [2.45, 2.75) is 17.5 Å². The number of pyridine rings is 1. The maximum Gasteiger partial charge on any atom is 0.263 e. The van der Waals surface area contributed by atoms with Gasteiger partial charge in [0.2, 0.25) is 5.03 Å². The van der Waals surface area contributed by atoms with Gasteiger partial charge >= 0.3 is 0 Å². The Kier molecular flexibility index (Phi) is 4.21. The Bertz CT molecular complexity index is 604. The fourth-order valence-electron chi connectivity index (χ4n) is 2.85. The van der Waals surface area contributed by atoms with Gasteiger partial charge in [-0.05, 0) is 18.6 Å². The summed E-state index contributed by atoms with van der Waals surface area (Å²) in [5.74, 6) is -0.799. The number of hydrogen-bond donors (Lipinski definition) is 0. The molecule has 3 heterocycles. The molecule has 2 aliphatic rings. The summed E-state index contributed by atoms with van der Waals surface area (Å²) in [6, 6.07) is 2.68. The smallest absolute Gasteiger partial charge is 0.263 e. The van der Waals surface area contributed by atoms with E-state index in [0.717, 1.165) is 25.6 Å². The van der Waals surface area contributed by atoms with Gasteiger partial charge in [0.15, 0.2) is 5.82 Å². The molecular formula is C13H18FN3O3S. The Labute approximate surface area is 123 Å². The molecule has 6 nitrogen and oxygen atoms in total. The Morgan fingerprint density at radius 3 is 2.76 bits per heavy atom. The Morgan fingerprint density at radius 2 is 2.05 bits per heavy atom. The number of ether oxygens (including phenoxy) is 1. The van der Waals surface area contributed by atoms with Gasteiger partial charge in [-0.3, -0.25) is 4.90 Å². The number of halogens is 1. The number of aromatic nitrogens is 1. The van der Waals surface area contributed by atoms with E-state index in [9.17, 15) is 12.8 Å². The monoisotopic (exact) mass is 315 g/mol. The van der Waals surface area contributed by atoms with Crippen LogP contribution >= 0.6 is 0 Å². The van der Waals surface area contributed by atoms with Crippen LogP contribution in [0.4, 0.5) is 4.39 Å². The molecule has 0 N–H and O–H groups in total. The molecule has 1 aromatic heterocycles. The van der Waals surface area contributed by atoms with Gasteiger partial charge in [0.1, 0.15) is 0 Å². The van der Waals surface area contributed by atoms with Crippen molar-refractivity contribution in [2.75, 3.05) is 39.4 Å². The molecule has 0 aliphatic carbocycles. The summed E-state index contributed by atoms with van der Waals surface area (Å²) in [5, 5.41) is -0.479. The van der Waals surface area contributed by atoms with Crippen molar-refractivity contribution in [1.82, 2.24) is 14.2 Å². The summed E-state index contributed by atoms with van der Waals surface area (Å²) in [4.78, 5) is 5.94. The van der Waals surface area contributed by atoms with E-state index < -0.39 is 20.9 Å². The fourth-order valence-corrected chi connectivity index (χ4v) is 4.32. The molecule has 0 spiro atoms. The van der Waals surface area contributed by atoms with Gasteiger partial charge in [-0.1, -0.05) is 0 Å². The van der Waals surface area contributed by atoms with Crippen LogP contribution < -0.4 is 0 Å². The minimum atomic E-state index is -3.85. The van der Waals surface area contributed by atoms with E-state index in [1.165, 1.54) is 16.6 Å². The molecule has 1 unspecified atom stereocenters. The number of morpholine rings is 1. The van der Waals surface area contributed by atoms with Crippen molar-refractivity contribution in [3.63, 3.8) is 0 Å². The lowest BCUT2D eigenvalue weighted by Gasteiger charge is -2.32. The fraction of sp³-hybridized carbons (Fsp3) is 0.615. The molecule has 8 heteroatoms. The normalized spacial score (nSPS) is 25.3. The summed E-state index contributed by atoms with van der Waals surface area (Å²) >= 11 is 0. The van der Waals surface area contributed by atoms with E-state index >= 15 is 0 Å². The molecule has 21 heavy (non-hydrogen) atoms. The van der Waals surface area contributed by atoms with E-state index in [2.05, 4.69) is 9.88 Å². The predicted octanol–water partition coefficient (Wildman–Crippen LogP) is 0.316. The highest BCUT2D eigenvalue weighted by Gasteiger charge is 2.37. The molecule has 2 fully saturated rings. The number of sulfonamides is 1. The second-order valence-corrected chi connectivity index (χ2v) is 7.10. The molecule has 0 saturated carbocycles. The van der Waals surface area contributed by atoms with Gasteiger partial charge in [0.25, 0.3) is 10.0 Å². The van der Waals surface area contributed by atoms with Crippen molar-refractivity contribution in [1.29, 1.82) is 0 Å². The summed E-state index contributed by atoms with van der Waals surface area (Å²) in [6.07, 6.45) is 2.05. The molecule has 116 valence electrons. The van der Waals surface area contributed by atoms with Gasteiger partial charge < -0.3 is 4.74 Å². The van der Waals surface area contributed by atoms with E-state index in [4.69, 9.17) is 4.74 Å². The summed E-state index contributed by atoms with van der Waals surface area (Å²) in [7, 11) is -3.85. The molecule has 2 saturated heterocycles. The van der Waals surface area contributed by atoms with Gasteiger partial charge in [0.05, 0.1) is 13.2 Å². The highest BCUT2D eigenvalue weighted by atomic mass is 32.2. The van der Waals surface area contributed by atoms with E-state index in [1.54, 1.807) is 0 Å². The first-order chi connectivity index (χ1) is 10.1. The third-order valence-corrected chi connectivity index (χ3v) is 5.80. The lowest BCUT2D eigenvalue weighted by molar-refractivity contribution is 0.0196. The second kappa shape index (κ2) is 5.96.